The Morgan fingerprint density at radius 1 is 1.17 bits per heavy atom. The van der Waals surface area contributed by atoms with E-state index in [9.17, 15) is 9.18 Å². The van der Waals surface area contributed by atoms with Crippen molar-refractivity contribution in [3.05, 3.63) is 57.4 Å². The monoisotopic (exact) mass is 357 g/mol. The van der Waals surface area contributed by atoms with Gasteiger partial charge in [-0.25, -0.2) is 4.39 Å². The second-order valence-electron chi connectivity index (χ2n) is 3.63. The Labute approximate surface area is 117 Å². The number of anilines is 1. The molecule has 5 heteroatoms. The highest BCUT2D eigenvalue weighted by Crippen LogP contribution is 2.20. The Morgan fingerprint density at radius 2 is 1.83 bits per heavy atom. The average Bonchev–Trinajstić information content (AvgIpc) is 2.33. The minimum Gasteiger partial charge on any atom is -0.508 e. The molecule has 2 N–H and O–H groups in total. The highest BCUT2D eigenvalue weighted by molar-refractivity contribution is 14.1. The number of carbonyl (C=O) groups is 1. The molecule has 0 bridgehead atoms. The third-order valence-electron chi connectivity index (χ3n) is 2.31. The van der Waals surface area contributed by atoms with Crippen LogP contribution in [0.4, 0.5) is 10.1 Å². The van der Waals surface area contributed by atoms with E-state index < -0.39 is 0 Å². The first kappa shape index (κ1) is 12.8. The third-order valence-corrected chi connectivity index (χ3v) is 3.20. The average molecular weight is 357 g/mol. The first-order valence-corrected chi connectivity index (χ1v) is 6.19. The predicted octanol–water partition coefficient (Wildman–Crippen LogP) is 3.39. The van der Waals surface area contributed by atoms with Gasteiger partial charge in [0.05, 0.1) is 5.69 Å². The van der Waals surface area contributed by atoms with Crippen LogP contribution in [0.5, 0.6) is 5.75 Å². The molecule has 0 aliphatic rings. The summed E-state index contributed by atoms with van der Waals surface area (Å²) in [6.07, 6.45) is 0. The molecule has 0 aromatic heterocycles. The molecule has 2 aromatic carbocycles. The number of amides is 1. The van der Waals surface area contributed by atoms with Gasteiger partial charge in [-0.2, -0.15) is 0 Å². The van der Waals surface area contributed by atoms with E-state index in [0.29, 0.717) is 14.8 Å². The molecule has 0 fully saturated rings. The van der Waals surface area contributed by atoms with E-state index in [2.05, 4.69) is 5.32 Å². The van der Waals surface area contributed by atoms with Gasteiger partial charge in [0.1, 0.15) is 11.6 Å². The van der Waals surface area contributed by atoms with Crippen LogP contribution in [0.3, 0.4) is 0 Å². The summed E-state index contributed by atoms with van der Waals surface area (Å²) in [6, 6.07) is 10.0. The number of benzene rings is 2. The molecule has 0 aliphatic heterocycles. The van der Waals surface area contributed by atoms with Crippen LogP contribution < -0.4 is 5.32 Å². The van der Waals surface area contributed by atoms with E-state index in [1.54, 1.807) is 0 Å². The molecule has 0 saturated heterocycles. The van der Waals surface area contributed by atoms with Gasteiger partial charge in [0.15, 0.2) is 0 Å². The van der Waals surface area contributed by atoms with Gasteiger partial charge in [0, 0.05) is 9.13 Å². The molecule has 18 heavy (non-hydrogen) atoms. The Hall–Kier alpha value is -1.63. The molecule has 2 aromatic rings. The van der Waals surface area contributed by atoms with Crippen LogP contribution in [-0.4, -0.2) is 11.0 Å². The Bertz CT molecular complexity index is 584. The number of carbonyl (C=O) groups excluding carboxylic acids is 1. The normalized spacial score (nSPS) is 10.1. The molecule has 0 saturated carbocycles. The number of hydrogen-bond acceptors (Lipinski definition) is 2. The largest absolute Gasteiger partial charge is 0.508 e. The van der Waals surface area contributed by atoms with Gasteiger partial charge in [0.25, 0.3) is 5.91 Å². The first-order chi connectivity index (χ1) is 8.56. The van der Waals surface area contributed by atoms with Crippen molar-refractivity contribution >= 4 is 34.2 Å². The molecular formula is C13H9FINO2. The van der Waals surface area contributed by atoms with Crippen LogP contribution in [0.2, 0.25) is 0 Å². The fourth-order valence-electron chi connectivity index (χ4n) is 1.40. The predicted molar refractivity (Wildman–Crippen MR) is 75.2 cm³/mol. The fraction of sp³-hybridized carbons (Fsp3) is 0. The van der Waals surface area contributed by atoms with Crippen molar-refractivity contribution in [2.45, 2.75) is 0 Å². The highest BCUT2D eigenvalue weighted by atomic mass is 127. The van der Waals surface area contributed by atoms with Crippen LogP contribution in [0.25, 0.3) is 0 Å². The van der Waals surface area contributed by atoms with Crippen LogP contribution in [0, 0.1) is 9.39 Å². The van der Waals surface area contributed by atoms with Crippen molar-refractivity contribution in [1.29, 1.82) is 0 Å². The SMILES string of the molecule is O=C(Nc1ccc(F)cc1I)c1ccc(O)cc1. The maximum Gasteiger partial charge on any atom is 0.255 e. The van der Waals surface area contributed by atoms with Crippen molar-refractivity contribution < 1.29 is 14.3 Å². The molecule has 0 atom stereocenters. The van der Waals surface area contributed by atoms with Crippen LogP contribution in [0.1, 0.15) is 10.4 Å². The number of phenolic OH excluding ortho intramolecular Hbond substituents is 1. The summed E-state index contributed by atoms with van der Waals surface area (Å²) >= 11 is 1.95. The second-order valence-corrected chi connectivity index (χ2v) is 4.79. The van der Waals surface area contributed by atoms with Crippen LogP contribution in [0.15, 0.2) is 42.5 Å². The van der Waals surface area contributed by atoms with Crippen molar-refractivity contribution in [2.75, 3.05) is 5.32 Å². The molecule has 0 radical (unpaired) electrons. The summed E-state index contributed by atoms with van der Waals surface area (Å²) in [5.41, 5.74) is 0.975. The summed E-state index contributed by atoms with van der Waals surface area (Å²) in [7, 11) is 0. The summed E-state index contributed by atoms with van der Waals surface area (Å²) in [5, 5.41) is 11.8. The first-order valence-electron chi connectivity index (χ1n) is 5.12. The zero-order valence-corrected chi connectivity index (χ0v) is 11.3. The van der Waals surface area contributed by atoms with Gasteiger partial charge >= 0.3 is 0 Å². The summed E-state index contributed by atoms with van der Waals surface area (Å²) in [6.45, 7) is 0. The third kappa shape index (κ3) is 2.98. The van der Waals surface area contributed by atoms with Gasteiger partial charge in [-0.15, -0.1) is 0 Å². The molecule has 0 spiro atoms. The number of phenols is 1. The number of rotatable bonds is 2. The standard InChI is InChI=1S/C13H9FINO2/c14-9-3-6-12(11(15)7-9)16-13(18)8-1-4-10(17)5-2-8/h1-7,17H,(H,16,18). The summed E-state index contributed by atoms with van der Waals surface area (Å²) in [4.78, 5) is 11.9. The Kier molecular flexibility index (Phi) is 3.81. The summed E-state index contributed by atoms with van der Waals surface area (Å²) in [5.74, 6) is -0.551. The zero-order valence-electron chi connectivity index (χ0n) is 9.15. The second kappa shape index (κ2) is 5.34. The Balaban J connectivity index is 2.18. The van der Waals surface area contributed by atoms with Crippen LogP contribution >= 0.6 is 22.6 Å². The molecule has 0 heterocycles. The van der Waals surface area contributed by atoms with Gasteiger partial charge in [-0.1, -0.05) is 0 Å². The molecular weight excluding hydrogens is 348 g/mol. The smallest absolute Gasteiger partial charge is 0.255 e. The molecule has 2 rings (SSSR count). The highest BCUT2D eigenvalue weighted by Gasteiger charge is 2.08. The van der Waals surface area contributed by atoms with Gasteiger partial charge in [-0.3, -0.25) is 4.79 Å². The van der Waals surface area contributed by atoms with Crippen molar-refractivity contribution in [3.63, 3.8) is 0 Å². The lowest BCUT2D eigenvalue weighted by molar-refractivity contribution is 0.102. The topological polar surface area (TPSA) is 49.3 Å². The van der Waals surface area contributed by atoms with E-state index >= 15 is 0 Å². The van der Waals surface area contributed by atoms with Gasteiger partial charge in [0.2, 0.25) is 0 Å². The fourth-order valence-corrected chi connectivity index (χ4v) is 2.01. The van der Waals surface area contributed by atoms with Gasteiger partial charge in [-0.05, 0) is 65.1 Å². The van der Waals surface area contributed by atoms with Crippen molar-refractivity contribution in [1.82, 2.24) is 0 Å². The molecule has 0 aliphatic carbocycles. The van der Waals surface area contributed by atoms with E-state index in [0.717, 1.165) is 0 Å². The number of nitrogens with one attached hydrogen (secondary N) is 1. The Morgan fingerprint density at radius 3 is 2.44 bits per heavy atom. The van der Waals surface area contributed by atoms with Crippen LogP contribution in [-0.2, 0) is 0 Å². The van der Waals surface area contributed by atoms with Crippen molar-refractivity contribution in [3.8, 4) is 5.75 Å². The lowest BCUT2D eigenvalue weighted by atomic mass is 10.2. The van der Waals surface area contributed by atoms with E-state index in [-0.39, 0.29) is 17.5 Å². The molecule has 1 amide bonds. The maximum atomic E-state index is 12.9. The molecule has 3 nitrogen and oxygen atoms in total. The van der Waals surface area contributed by atoms with E-state index in [1.807, 2.05) is 22.6 Å². The summed E-state index contributed by atoms with van der Waals surface area (Å²) < 4.78 is 13.5. The van der Waals surface area contributed by atoms with Gasteiger partial charge < -0.3 is 10.4 Å². The molecule has 92 valence electrons. The van der Waals surface area contributed by atoms with E-state index in [1.165, 1.54) is 42.5 Å². The number of aromatic hydroxyl groups is 1. The number of halogens is 2. The number of hydrogen-bond donors (Lipinski definition) is 2. The minimum atomic E-state index is -0.345. The lowest BCUT2D eigenvalue weighted by Crippen LogP contribution is -2.12. The lowest BCUT2D eigenvalue weighted by Gasteiger charge is -2.07. The quantitative estimate of drug-likeness (QED) is 0.810. The molecule has 0 unspecified atom stereocenters. The zero-order chi connectivity index (χ0) is 13.1. The van der Waals surface area contributed by atoms with E-state index in [4.69, 9.17) is 5.11 Å². The minimum absolute atomic E-state index is 0.0999. The maximum absolute atomic E-state index is 12.9. The van der Waals surface area contributed by atoms with Crippen molar-refractivity contribution in [2.24, 2.45) is 0 Å².